The number of nitrogens with one attached hydrogen (secondary N) is 1. The quantitative estimate of drug-likeness (QED) is 0.783. The molecule has 0 spiro atoms. The van der Waals surface area contributed by atoms with E-state index in [1.54, 1.807) is 42.5 Å². The van der Waals surface area contributed by atoms with Crippen molar-refractivity contribution in [2.24, 2.45) is 0 Å². The Kier molecular flexibility index (Phi) is 6.41. The van der Waals surface area contributed by atoms with Gasteiger partial charge in [0, 0.05) is 13.0 Å². The average molecular weight is 362 g/mol. The van der Waals surface area contributed by atoms with Crippen molar-refractivity contribution in [2.75, 3.05) is 29.5 Å². The molecule has 0 unspecified atom stereocenters. The molecule has 0 saturated heterocycles. The number of methoxy groups -OCH3 is 1. The van der Waals surface area contributed by atoms with Crippen LogP contribution in [0, 0.1) is 0 Å². The van der Waals surface area contributed by atoms with Crippen LogP contribution in [0.1, 0.15) is 12.8 Å². The number of sulfonamides is 1. The van der Waals surface area contributed by atoms with Crippen LogP contribution in [0.15, 0.2) is 54.6 Å². The molecule has 0 atom stereocenters. The van der Waals surface area contributed by atoms with Gasteiger partial charge in [-0.15, -0.1) is 0 Å². The zero-order chi connectivity index (χ0) is 18.3. The lowest BCUT2D eigenvalue weighted by Gasteiger charge is -2.22. The zero-order valence-corrected chi connectivity index (χ0v) is 15.1. The summed E-state index contributed by atoms with van der Waals surface area (Å²) in [6.45, 7) is 0.238. The van der Waals surface area contributed by atoms with Crippen molar-refractivity contribution in [3.63, 3.8) is 0 Å². The summed E-state index contributed by atoms with van der Waals surface area (Å²) in [5.41, 5.74) is 1.19. The van der Waals surface area contributed by atoms with Gasteiger partial charge in [-0.3, -0.25) is 9.10 Å². The number of rotatable bonds is 8. The van der Waals surface area contributed by atoms with E-state index in [0.29, 0.717) is 23.5 Å². The number of amides is 1. The largest absolute Gasteiger partial charge is 0.495 e. The lowest BCUT2D eigenvalue weighted by Crippen LogP contribution is -2.31. The highest BCUT2D eigenvalue weighted by Crippen LogP contribution is 2.23. The van der Waals surface area contributed by atoms with E-state index >= 15 is 0 Å². The third-order valence-corrected chi connectivity index (χ3v) is 4.78. The van der Waals surface area contributed by atoms with E-state index in [-0.39, 0.29) is 18.9 Å². The maximum atomic E-state index is 12.1. The number of benzene rings is 2. The molecule has 1 N–H and O–H groups in total. The minimum atomic E-state index is -3.40. The van der Waals surface area contributed by atoms with Crippen LogP contribution in [-0.2, 0) is 14.8 Å². The molecule has 0 bridgehead atoms. The minimum Gasteiger partial charge on any atom is -0.495 e. The summed E-state index contributed by atoms with van der Waals surface area (Å²) in [6, 6.07) is 16.0. The van der Waals surface area contributed by atoms with E-state index in [4.69, 9.17) is 4.74 Å². The monoisotopic (exact) mass is 362 g/mol. The molecule has 0 saturated carbocycles. The molecule has 0 aliphatic heterocycles. The van der Waals surface area contributed by atoms with Gasteiger partial charge in [0.2, 0.25) is 15.9 Å². The summed E-state index contributed by atoms with van der Waals surface area (Å²) >= 11 is 0. The Morgan fingerprint density at radius 1 is 1.08 bits per heavy atom. The Labute approximate surface area is 148 Å². The molecule has 134 valence electrons. The Balaban J connectivity index is 1.95. The molecule has 1 amide bonds. The summed E-state index contributed by atoms with van der Waals surface area (Å²) in [6.07, 6.45) is 1.77. The molecule has 0 aliphatic carbocycles. The second-order valence-electron chi connectivity index (χ2n) is 5.52. The number of anilines is 2. The molecule has 2 rings (SSSR count). The third kappa shape index (κ3) is 5.49. The van der Waals surface area contributed by atoms with Crippen LogP contribution in [0.5, 0.6) is 5.75 Å². The normalized spacial score (nSPS) is 11.0. The van der Waals surface area contributed by atoms with Gasteiger partial charge in [-0.25, -0.2) is 8.42 Å². The first-order valence-corrected chi connectivity index (χ1v) is 9.72. The zero-order valence-electron chi connectivity index (χ0n) is 14.3. The van der Waals surface area contributed by atoms with Gasteiger partial charge < -0.3 is 10.1 Å². The standard InChI is InChI=1S/C18H22N2O4S/c1-24-17-12-7-6-11-16(17)19-18(21)13-8-14-20(25(2,22)23)15-9-4-3-5-10-15/h3-7,9-12H,8,13-14H2,1-2H3,(H,19,21). The number of hydrogen-bond donors (Lipinski definition) is 1. The van der Waals surface area contributed by atoms with E-state index in [0.717, 1.165) is 6.26 Å². The number of ether oxygens (including phenoxy) is 1. The maximum absolute atomic E-state index is 12.1. The summed E-state index contributed by atoms with van der Waals surface area (Å²) in [7, 11) is -1.87. The second kappa shape index (κ2) is 8.53. The van der Waals surface area contributed by atoms with Gasteiger partial charge in [-0.1, -0.05) is 30.3 Å². The topological polar surface area (TPSA) is 75.7 Å². The van der Waals surface area contributed by atoms with E-state index in [1.807, 2.05) is 12.1 Å². The number of carbonyl (C=O) groups is 1. The fraction of sp³-hybridized carbons (Fsp3) is 0.278. The number of para-hydroxylation sites is 3. The van der Waals surface area contributed by atoms with Crippen LogP contribution in [0.3, 0.4) is 0 Å². The molecule has 0 fully saturated rings. The minimum absolute atomic E-state index is 0.189. The molecule has 0 radical (unpaired) electrons. The van der Waals surface area contributed by atoms with Gasteiger partial charge in [0.25, 0.3) is 0 Å². The predicted octanol–water partition coefficient (Wildman–Crippen LogP) is 2.88. The lowest BCUT2D eigenvalue weighted by atomic mass is 10.2. The van der Waals surface area contributed by atoms with Gasteiger partial charge in [0.05, 0.1) is 24.7 Å². The van der Waals surface area contributed by atoms with Crippen molar-refractivity contribution >= 4 is 27.3 Å². The fourth-order valence-corrected chi connectivity index (χ4v) is 3.39. The summed E-state index contributed by atoms with van der Waals surface area (Å²) < 4.78 is 30.5. The molecule has 25 heavy (non-hydrogen) atoms. The SMILES string of the molecule is COc1ccccc1NC(=O)CCCN(c1ccccc1)S(C)(=O)=O. The maximum Gasteiger partial charge on any atom is 0.232 e. The molecule has 2 aromatic carbocycles. The van der Waals surface area contributed by atoms with Crippen molar-refractivity contribution in [2.45, 2.75) is 12.8 Å². The third-order valence-electron chi connectivity index (χ3n) is 3.59. The van der Waals surface area contributed by atoms with Gasteiger partial charge in [0.1, 0.15) is 5.75 Å². The predicted molar refractivity (Wildman–Crippen MR) is 99.5 cm³/mol. The van der Waals surface area contributed by atoms with Crippen molar-refractivity contribution in [3.8, 4) is 5.75 Å². The first-order chi connectivity index (χ1) is 11.9. The van der Waals surface area contributed by atoms with Crippen LogP contribution in [-0.4, -0.2) is 34.2 Å². The fourth-order valence-electron chi connectivity index (χ4n) is 2.42. The van der Waals surface area contributed by atoms with E-state index in [9.17, 15) is 13.2 Å². The van der Waals surface area contributed by atoms with Gasteiger partial charge in [-0.2, -0.15) is 0 Å². The van der Waals surface area contributed by atoms with E-state index in [2.05, 4.69) is 5.32 Å². The Morgan fingerprint density at radius 3 is 2.36 bits per heavy atom. The summed E-state index contributed by atoms with van der Waals surface area (Å²) in [5.74, 6) is 0.393. The van der Waals surface area contributed by atoms with Gasteiger partial charge in [0.15, 0.2) is 0 Å². The van der Waals surface area contributed by atoms with Gasteiger partial charge in [-0.05, 0) is 30.7 Å². The summed E-state index contributed by atoms with van der Waals surface area (Å²) in [5, 5.41) is 2.78. The second-order valence-corrected chi connectivity index (χ2v) is 7.43. The molecular weight excluding hydrogens is 340 g/mol. The smallest absolute Gasteiger partial charge is 0.232 e. The van der Waals surface area contributed by atoms with Crippen LogP contribution < -0.4 is 14.4 Å². The Hall–Kier alpha value is -2.54. The van der Waals surface area contributed by atoms with Crippen LogP contribution in [0.25, 0.3) is 0 Å². The van der Waals surface area contributed by atoms with E-state index < -0.39 is 10.0 Å². The molecule has 7 heteroatoms. The molecule has 0 aromatic heterocycles. The number of hydrogen-bond acceptors (Lipinski definition) is 4. The highest BCUT2D eigenvalue weighted by molar-refractivity contribution is 7.92. The molecule has 6 nitrogen and oxygen atoms in total. The molecule has 2 aromatic rings. The highest BCUT2D eigenvalue weighted by atomic mass is 32.2. The average Bonchev–Trinajstić information content (AvgIpc) is 2.59. The summed E-state index contributed by atoms with van der Waals surface area (Å²) in [4.78, 5) is 12.1. The molecular formula is C18H22N2O4S. The Bertz CT molecular complexity index is 807. The molecule has 0 aliphatic rings. The van der Waals surface area contributed by atoms with E-state index in [1.165, 1.54) is 11.4 Å². The van der Waals surface area contributed by atoms with Gasteiger partial charge >= 0.3 is 0 Å². The van der Waals surface area contributed by atoms with Crippen molar-refractivity contribution in [1.29, 1.82) is 0 Å². The van der Waals surface area contributed by atoms with Crippen LogP contribution in [0.4, 0.5) is 11.4 Å². The first-order valence-electron chi connectivity index (χ1n) is 7.87. The number of carbonyl (C=O) groups excluding carboxylic acids is 1. The van der Waals surface area contributed by atoms with Crippen molar-refractivity contribution in [1.82, 2.24) is 0 Å². The first kappa shape index (κ1) is 18.8. The van der Waals surface area contributed by atoms with Crippen LogP contribution >= 0.6 is 0 Å². The van der Waals surface area contributed by atoms with Crippen LogP contribution in [0.2, 0.25) is 0 Å². The molecule has 0 heterocycles. The number of nitrogens with zero attached hydrogens (tertiary/aromatic N) is 1. The lowest BCUT2D eigenvalue weighted by molar-refractivity contribution is -0.116. The highest BCUT2D eigenvalue weighted by Gasteiger charge is 2.17. The van der Waals surface area contributed by atoms with Crippen molar-refractivity contribution in [3.05, 3.63) is 54.6 Å². The Morgan fingerprint density at radius 2 is 1.72 bits per heavy atom. The van der Waals surface area contributed by atoms with Crippen molar-refractivity contribution < 1.29 is 17.9 Å².